The molecule has 0 aliphatic rings. The molecular weight excluding hydrogens is 319 g/mol. The lowest BCUT2D eigenvalue weighted by atomic mass is 10.1. The Labute approximate surface area is 130 Å². The molecule has 8 heteroatoms. The zero-order valence-electron chi connectivity index (χ0n) is 12.1. The second-order valence-corrected chi connectivity index (χ2v) is 5.62. The zero-order valence-corrected chi connectivity index (χ0v) is 12.9. The highest BCUT2D eigenvalue weighted by Gasteiger charge is 2.33. The number of carbonyl (C=O) groups excluding carboxylic acids is 2. The van der Waals surface area contributed by atoms with Crippen LogP contribution in [0.5, 0.6) is 0 Å². The third-order valence-electron chi connectivity index (χ3n) is 2.62. The normalized spacial score (nSPS) is 12.6. The number of hydrogen-bond donors (Lipinski definition) is 1. The molecule has 1 aromatic rings. The molecule has 1 atom stereocenters. The minimum absolute atomic E-state index is 0.0383. The summed E-state index contributed by atoms with van der Waals surface area (Å²) < 4.78 is 43.2. The van der Waals surface area contributed by atoms with Crippen LogP contribution < -0.4 is 5.32 Å². The molecule has 1 rings (SSSR count). The lowest BCUT2D eigenvalue weighted by Gasteiger charge is -2.16. The van der Waals surface area contributed by atoms with Crippen LogP contribution in [0, 0.1) is 0 Å². The fraction of sp³-hybridized carbons (Fsp3) is 0.429. The van der Waals surface area contributed by atoms with Crippen molar-refractivity contribution in [3.8, 4) is 0 Å². The van der Waals surface area contributed by atoms with Crippen LogP contribution in [0.3, 0.4) is 0 Å². The van der Waals surface area contributed by atoms with Gasteiger partial charge in [-0.25, -0.2) is 0 Å². The Morgan fingerprint density at radius 1 is 1.32 bits per heavy atom. The smallest absolute Gasteiger partial charge is 0.418 e. The molecule has 22 heavy (non-hydrogen) atoms. The average molecular weight is 335 g/mol. The summed E-state index contributed by atoms with van der Waals surface area (Å²) in [5, 5.41) is 1.55. The summed E-state index contributed by atoms with van der Waals surface area (Å²) in [5.74, 6) is -1.11. The molecule has 1 aromatic carbocycles. The predicted molar refractivity (Wildman–Crippen MR) is 78.6 cm³/mol. The van der Waals surface area contributed by atoms with Crippen molar-refractivity contribution >= 4 is 29.3 Å². The van der Waals surface area contributed by atoms with E-state index >= 15 is 0 Å². The van der Waals surface area contributed by atoms with Crippen LogP contribution in [-0.4, -0.2) is 29.5 Å². The number of carbonyl (C=O) groups is 2. The minimum atomic E-state index is -4.55. The van der Waals surface area contributed by atoms with Gasteiger partial charge in [-0.1, -0.05) is 12.1 Å². The molecule has 122 valence electrons. The van der Waals surface area contributed by atoms with E-state index in [-0.39, 0.29) is 18.0 Å². The Morgan fingerprint density at radius 3 is 2.55 bits per heavy atom. The molecule has 0 saturated heterocycles. The van der Waals surface area contributed by atoms with Crippen molar-refractivity contribution in [2.75, 3.05) is 17.7 Å². The fourth-order valence-corrected chi connectivity index (χ4v) is 2.22. The van der Waals surface area contributed by atoms with E-state index in [1.54, 1.807) is 6.92 Å². The topological polar surface area (TPSA) is 55.4 Å². The summed E-state index contributed by atoms with van der Waals surface area (Å²) in [6, 6.07) is 4.73. The summed E-state index contributed by atoms with van der Waals surface area (Å²) in [4.78, 5) is 23.1. The SMILES string of the molecule is CCOC(=O)CSC(C)C(=O)Nc1ccccc1C(F)(F)F. The Morgan fingerprint density at radius 2 is 1.95 bits per heavy atom. The molecule has 0 aliphatic carbocycles. The van der Waals surface area contributed by atoms with Gasteiger partial charge in [0.25, 0.3) is 0 Å². The number of thioether (sulfide) groups is 1. The van der Waals surface area contributed by atoms with Gasteiger partial charge in [0.2, 0.25) is 5.91 Å². The van der Waals surface area contributed by atoms with Crippen molar-refractivity contribution in [3.05, 3.63) is 29.8 Å². The number of anilines is 1. The number of amides is 1. The molecule has 0 radical (unpaired) electrons. The molecule has 0 aromatic heterocycles. The van der Waals surface area contributed by atoms with E-state index in [0.717, 1.165) is 17.8 Å². The molecule has 0 aliphatic heterocycles. The highest BCUT2D eigenvalue weighted by Crippen LogP contribution is 2.34. The van der Waals surface area contributed by atoms with Crippen LogP contribution >= 0.6 is 11.8 Å². The van der Waals surface area contributed by atoms with Crippen molar-refractivity contribution < 1.29 is 27.5 Å². The summed E-state index contributed by atoms with van der Waals surface area (Å²) >= 11 is 0.997. The van der Waals surface area contributed by atoms with Gasteiger partial charge >= 0.3 is 12.1 Å². The first-order chi connectivity index (χ1) is 10.3. The van der Waals surface area contributed by atoms with Crippen molar-refractivity contribution in [2.24, 2.45) is 0 Å². The number of benzene rings is 1. The van der Waals surface area contributed by atoms with Crippen molar-refractivity contribution in [1.82, 2.24) is 0 Å². The van der Waals surface area contributed by atoms with Gasteiger partial charge in [0.15, 0.2) is 0 Å². The van der Waals surface area contributed by atoms with Crippen LogP contribution in [-0.2, 0) is 20.5 Å². The summed E-state index contributed by atoms with van der Waals surface area (Å²) in [6.45, 7) is 3.40. The van der Waals surface area contributed by atoms with E-state index in [9.17, 15) is 22.8 Å². The standard InChI is InChI=1S/C14H16F3NO3S/c1-3-21-12(19)8-22-9(2)13(20)18-11-7-5-4-6-10(11)14(15,16)17/h4-7,9H,3,8H2,1-2H3,(H,18,20). The molecule has 0 spiro atoms. The number of alkyl halides is 3. The summed E-state index contributed by atoms with van der Waals surface area (Å²) in [7, 11) is 0. The van der Waals surface area contributed by atoms with E-state index in [1.165, 1.54) is 25.1 Å². The van der Waals surface area contributed by atoms with Gasteiger partial charge in [-0.3, -0.25) is 9.59 Å². The average Bonchev–Trinajstić information content (AvgIpc) is 2.44. The summed E-state index contributed by atoms with van der Waals surface area (Å²) in [6.07, 6.45) is -4.55. The van der Waals surface area contributed by atoms with Gasteiger partial charge < -0.3 is 10.1 Å². The number of esters is 1. The Bertz CT molecular complexity index is 534. The minimum Gasteiger partial charge on any atom is -0.465 e. The van der Waals surface area contributed by atoms with Crippen LogP contribution in [0.4, 0.5) is 18.9 Å². The van der Waals surface area contributed by atoms with Crippen LogP contribution in [0.15, 0.2) is 24.3 Å². The maximum Gasteiger partial charge on any atom is 0.418 e. The summed E-state index contributed by atoms with van der Waals surface area (Å²) in [5.41, 5.74) is -1.21. The molecule has 0 bridgehead atoms. The third kappa shape index (κ3) is 5.59. The molecular formula is C14H16F3NO3S. The van der Waals surface area contributed by atoms with Crippen LogP contribution in [0.25, 0.3) is 0 Å². The van der Waals surface area contributed by atoms with Gasteiger partial charge in [0.05, 0.1) is 28.9 Å². The second-order valence-electron chi connectivity index (χ2n) is 4.29. The monoisotopic (exact) mass is 335 g/mol. The number of halogens is 3. The van der Waals surface area contributed by atoms with E-state index in [0.29, 0.717) is 0 Å². The van der Waals surface area contributed by atoms with Gasteiger partial charge in [0, 0.05) is 0 Å². The molecule has 1 amide bonds. The highest BCUT2D eigenvalue weighted by molar-refractivity contribution is 8.01. The first-order valence-electron chi connectivity index (χ1n) is 6.50. The Balaban J connectivity index is 2.67. The number of nitrogens with one attached hydrogen (secondary N) is 1. The maximum atomic E-state index is 12.8. The lowest BCUT2D eigenvalue weighted by Crippen LogP contribution is -2.25. The van der Waals surface area contributed by atoms with Crippen molar-refractivity contribution in [1.29, 1.82) is 0 Å². The zero-order chi connectivity index (χ0) is 16.8. The third-order valence-corrected chi connectivity index (χ3v) is 3.73. The number of ether oxygens (including phenoxy) is 1. The number of hydrogen-bond acceptors (Lipinski definition) is 4. The highest BCUT2D eigenvalue weighted by atomic mass is 32.2. The largest absolute Gasteiger partial charge is 0.465 e. The van der Waals surface area contributed by atoms with Gasteiger partial charge in [-0.15, -0.1) is 11.8 Å². The van der Waals surface area contributed by atoms with E-state index in [1.807, 2.05) is 0 Å². The van der Waals surface area contributed by atoms with Crippen molar-refractivity contribution in [3.63, 3.8) is 0 Å². The predicted octanol–water partition coefficient (Wildman–Crippen LogP) is 3.33. The Kier molecular flexibility index (Phi) is 6.73. The molecule has 1 N–H and O–H groups in total. The van der Waals surface area contributed by atoms with Crippen LogP contribution in [0.2, 0.25) is 0 Å². The maximum absolute atomic E-state index is 12.8. The Hall–Kier alpha value is -1.70. The number of para-hydroxylation sites is 1. The van der Waals surface area contributed by atoms with E-state index in [2.05, 4.69) is 5.32 Å². The van der Waals surface area contributed by atoms with Crippen LogP contribution in [0.1, 0.15) is 19.4 Å². The first kappa shape index (κ1) is 18.3. The van der Waals surface area contributed by atoms with Gasteiger partial charge in [0.1, 0.15) is 0 Å². The second kappa shape index (κ2) is 8.07. The lowest BCUT2D eigenvalue weighted by molar-refractivity contribution is -0.140. The van der Waals surface area contributed by atoms with Crippen molar-refractivity contribution in [2.45, 2.75) is 25.3 Å². The first-order valence-corrected chi connectivity index (χ1v) is 7.55. The molecule has 0 saturated carbocycles. The molecule has 0 fully saturated rings. The van der Waals surface area contributed by atoms with Gasteiger partial charge in [-0.05, 0) is 26.0 Å². The molecule has 4 nitrogen and oxygen atoms in total. The molecule has 0 heterocycles. The fourth-order valence-electron chi connectivity index (χ4n) is 1.55. The molecule has 1 unspecified atom stereocenters. The van der Waals surface area contributed by atoms with E-state index in [4.69, 9.17) is 4.74 Å². The van der Waals surface area contributed by atoms with Gasteiger partial charge in [-0.2, -0.15) is 13.2 Å². The number of rotatable bonds is 6. The van der Waals surface area contributed by atoms with E-state index < -0.39 is 28.9 Å². The quantitative estimate of drug-likeness (QED) is 0.810.